The zero-order chi connectivity index (χ0) is 27.2. The summed E-state index contributed by atoms with van der Waals surface area (Å²) < 4.78 is 43.1. The largest absolute Gasteiger partial charge is 0.573 e. The van der Waals surface area contributed by atoms with Crippen LogP contribution >= 0.6 is 11.6 Å². The predicted molar refractivity (Wildman–Crippen MR) is 137 cm³/mol. The number of carboxylic acid groups (broad SMARTS) is 1. The van der Waals surface area contributed by atoms with Crippen LogP contribution in [0.1, 0.15) is 40.9 Å². The zero-order valence-corrected chi connectivity index (χ0v) is 20.6. The molecule has 9 heteroatoms. The first kappa shape index (κ1) is 27.4. The van der Waals surface area contributed by atoms with Gasteiger partial charge in [0.2, 0.25) is 0 Å². The van der Waals surface area contributed by atoms with Gasteiger partial charge in [0.25, 0.3) is 0 Å². The lowest BCUT2D eigenvalue weighted by molar-refractivity contribution is -0.274. The van der Waals surface area contributed by atoms with E-state index < -0.39 is 12.3 Å². The van der Waals surface area contributed by atoms with Crippen LogP contribution in [0.25, 0.3) is 22.6 Å². The molecule has 0 radical (unpaired) electrons. The second kappa shape index (κ2) is 11.7. The van der Waals surface area contributed by atoms with Crippen molar-refractivity contribution in [3.05, 3.63) is 100 Å². The normalized spacial score (nSPS) is 11.4. The number of nitriles is 1. The number of fused-ring (bicyclic) bond motifs is 1. The molecule has 0 aliphatic rings. The number of aromatic carboxylic acids is 1. The molecule has 4 rings (SSSR count). The molecule has 5 nitrogen and oxygen atoms in total. The molecule has 0 atom stereocenters. The van der Waals surface area contributed by atoms with Gasteiger partial charge in [0, 0.05) is 28.7 Å². The highest BCUT2D eigenvalue weighted by Gasteiger charge is 2.30. The molecule has 0 bridgehead atoms. The Labute approximate surface area is 216 Å². The topological polar surface area (TPSA) is 75.2 Å². The highest BCUT2D eigenvalue weighted by Crippen LogP contribution is 2.30. The average molecular weight is 527 g/mol. The van der Waals surface area contributed by atoms with Gasteiger partial charge in [0.05, 0.1) is 22.7 Å². The summed E-state index contributed by atoms with van der Waals surface area (Å²) in [6, 6.07) is 19.0. The van der Waals surface area contributed by atoms with E-state index >= 15 is 0 Å². The monoisotopic (exact) mass is 526 g/mol. The van der Waals surface area contributed by atoms with Crippen molar-refractivity contribution in [3.63, 3.8) is 0 Å². The third kappa shape index (κ3) is 6.93. The van der Waals surface area contributed by atoms with Crippen LogP contribution in [0.4, 0.5) is 13.2 Å². The Morgan fingerprint density at radius 3 is 2.24 bits per heavy atom. The Morgan fingerprint density at radius 2 is 1.68 bits per heavy atom. The fourth-order valence-corrected chi connectivity index (χ4v) is 3.83. The summed E-state index contributed by atoms with van der Waals surface area (Å²) >= 11 is 6.20. The molecule has 0 saturated carbocycles. The molecular formula is C28H22ClF3N2O3. The molecule has 0 fully saturated rings. The van der Waals surface area contributed by atoms with Gasteiger partial charge in [0.15, 0.2) is 0 Å². The molecule has 37 heavy (non-hydrogen) atoms. The van der Waals surface area contributed by atoms with E-state index in [9.17, 15) is 23.2 Å². The van der Waals surface area contributed by atoms with Crippen molar-refractivity contribution in [2.24, 2.45) is 0 Å². The molecular weight excluding hydrogens is 505 g/mol. The van der Waals surface area contributed by atoms with Gasteiger partial charge >= 0.3 is 12.3 Å². The number of ether oxygens (including phenoxy) is 1. The maximum absolute atomic E-state index is 12.4. The van der Waals surface area contributed by atoms with E-state index in [0.29, 0.717) is 22.7 Å². The summed E-state index contributed by atoms with van der Waals surface area (Å²) in [5.41, 5.74) is 3.25. The van der Waals surface area contributed by atoms with Gasteiger partial charge in [-0.05, 0) is 53.6 Å². The van der Waals surface area contributed by atoms with Crippen LogP contribution in [0.3, 0.4) is 0 Å². The Balaban J connectivity index is 0.00000186. The van der Waals surface area contributed by atoms with Crippen LogP contribution in [0.2, 0.25) is 5.02 Å². The first-order chi connectivity index (χ1) is 17.6. The summed E-state index contributed by atoms with van der Waals surface area (Å²) in [5.74, 6) is -1.37. The lowest BCUT2D eigenvalue weighted by Gasteiger charge is -2.10. The van der Waals surface area contributed by atoms with Gasteiger partial charge in [0.1, 0.15) is 5.75 Å². The highest BCUT2D eigenvalue weighted by atomic mass is 35.5. The van der Waals surface area contributed by atoms with E-state index in [1.165, 1.54) is 36.4 Å². The molecule has 0 aliphatic heterocycles. The molecule has 1 N–H and O–H groups in total. The number of hydrogen-bond acceptors (Lipinski definition) is 3. The fourth-order valence-electron chi connectivity index (χ4n) is 3.66. The molecule has 0 saturated heterocycles. The summed E-state index contributed by atoms with van der Waals surface area (Å²) in [6.07, 6.45) is -1.24. The highest BCUT2D eigenvalue weighted by molar-refractivity contribution is 6.31. The fraction of sp³-hybridized carbons (Fsp3) is 0.143. The molecule has 0 aliphatic carbocycles. The maximum Gasteiger partial charge on any atom is 0.573 e. The van der Waals surface area contributed by atoms with Crippen LogP contribution in [0, 0.1) is 11.3 Å². The Bertz CT molecular complexity index is 1470. The van der Waals surface area contributed by atoms with Gasteiger partial charge in [-0.25, -0.2) is 4.79 Å². The minimum Gasteiger partial charge on any atom is -0.478 e. The van der Waals surface area contributed by atoms with Gasteiger partial charge in [-0.3, -0.25) is 0 Å². The SMILES string of the molecule is CC.N#C/C(=C\c1cn(Cc2ccc(OC(F)(F)F)cc2)c2cc(Cl)ccc12)c1ccc(C(=O)O)cc1. The number of rotatable bonds is 6. The predicted octanol–water partition coefficient (Wildman–Crippen LogP) is 8.03. The minimum atomic E-state index is -4.76. The van der Waals surface area contributed by atoms with E-state index in [1.54, 1.807) is 30.3 Å². The van der Waals surface area contributed by atoms with E-state index in [4.69, 9.17) is 16.7 Å². The Hall–Kier alpha value is -4.22. The third-order valence-corrected chi connectivity index (χ3v) is 5.48. The van der Waals surface area contributed by atoms with Crippen molar-refractivity contribution in [2.45, 2.75) is 26.8 Å². The van der Waals surface area contributed by atoms with Crippen molar-refractivity contribution in [3.8, 4) is 11.8 Å². The van der Waals surface area contributed by atoms with Crippen molar-refractivity contribution in [1.29, 1.82) is 5.26 Å². The van der Waals surface area contributed by atoms with Crippen LogP contribution in [0.15, 0.2) is 72.9 Å². The number of carboxylic acids is 1. The molecule has 1 aromatic heterocycles. The average Bonchev–Trinajstić information content (AvgIpc) is 3.20. The Morgan fingerprint density at radius 1 is 1.05 bits per heavy atom. The lowest BCUT2D eigenvalue weighted by atomic mass is 10.0. The van der Waals surface area contributed by atoms with Crippen molar-refractivity contribution in [1.82, 2.24) is 4.57 Å². The first-order valence-corrected chi connectivity index (χ1v) is 11.6. The second-order valence-corrected chi connectivity index (χ2v) is 8.05. The number of alkyl halides is 3. The van der Waals surface area contributed by atoms with Crippen LogP contribution in [0.5, 0.6) is 5.75 Å². The molecule has 0 amide bonds. The van der Waals surface area contributed by atoms with E-state index in [0.717, 1.165) is 22.0 Å². The first-order valence-electron chi connectivity index (χ1n) is 11.2. The van der Waals surface area contributed by atoms with Crippen LogP contribution in [-0.2, 0) is 6.54 Å². The number of aromatic nitrogens is 1. The van der Waals surface area contributed by atoms with Gasteiger partial charge in [-0.2, -0.15) is 5.26 Å². The molecule has 1 heterocycles. The van der Waals surface area contributed by atoms with Crippen molar-refractivity contribution < 1.29 is 27.8 Å². The quantitative estimate of drug-likeness (QED) is 0.258. The lowest BCUT2D eigenvalue weighted by Crippen LogP contribution is -2.17. The third-order valence-electron chi connectivity index (χ3n) is 5.25. The molecule has 0 unspecified atom stereocenters. The van der Waals surface area contributed by atoms with Crippen LogP contribution in [-0.4, -0.2) is 22.0 Å². The van der Waals surface area contributed by atoms with E-state index in [1.807, 2.05) is 30.7 Å². The molecule has 3 aromatic carbocycles. The zero-order valence-electron chi connectivity index (χ0n) is 19.9. The van der Waals surface area contributed by atoms with Gasteiger partial charge in [-0.1, -0.05) is 55.8 Å². The maximum atomic E-state index is 12.4. The van der Waals surface area contributed by atoms with Crippen molar-refractivity contribution >= 4 is 40.1 Å². The van der Waals surface area contributed by atoms with E-state index in [2.05, 4.69) is 10.8 Å². The summed E-state index contributed by atoms with van der Waals surface area (Å²) in [4.78, 5) is 11.1. The summed E-state index contributed by atoms with van der Waals surface area (Å²) in [5, 5.41) is 20.1. The number of carbonyl (C=O) groups is 1. The van der Waals surface area contributed by atoms with Crippen molar-refractivity contribution in [2.75, 3.05) is 0 Å². The smallest absolute Gasteiger partial charge is 0.478 e. The van der Waals surface area contributed by atoms with Gasteiger partial charge < -0.3 is 14.4 Å². The van der Waals surface area contributed by atoms with Crippen LogP contribution < -0.4 is 4.74 Å². The molecule has 190 valence electrons. The number of nitrogens with zero attached hydrogens (tertiary/aromatic N) is 2. The van der Waals surface area contributed by atoms with Gasteiger partial charge in [-0.15, -0.1) is 13.2 Å². The van der Waals surface area contributed by atoms with E-state index in [-0.39, 0.29) is 11.3 Å². The Kier molecular flexibility index (Phi) is 8.64. The summed E-state index contributed by atoms with van der Waals surface area (Å²) in [6.45, 7) is 4.34. The molecule has 4 aromatic rings. The number of halogens is 4. The minimum absolute atomic E-state index is 0.115. The number of allylic oxidation sites excluding steroid dienone is 1. The summed E-state index contributed by atoms with van der Waals surface area (Å²) in [7, 11) is 0. The molecule has 0 spiro atoms. The second-order valence-electron chi connectivity index (χ2n) is 7.62. The number of hydrogen-bond donors (Lipinski definition) is 1. The standard InChI is InChI=1S/C26H16ClF3N2O3.C2H6/c27-21-7-10-23-20(11-19(13-31)17-3-5-18(6-4-17)25(33)34)15-32(24(23)12-21)14-16-1-8-22(9-2-16)35-26(28,29)30;1-2/h1-12,15H,14H2,(H,33,34);1-2H3/b19-11+;. The number of benzene rings is 3.